The zero-order chi connectivity index (χ0) is 22.1. The number of benzene rings is 3. The Morgan fingerprint density at radius 3 is 2.42 bits per heavy atom. The van der Waals surface area contributed by atoms with Crippen molar-refractivity contribution < 1.29 is 19.4 Å². The minimum Gasteiger partial charge on any atom is -0.507 e. The maximum Gasteiger partial charge on any atom is 0.300 e. The summed E-state index contributed by atoms with van der Waals surface area (Å²) in [6, 6.07) is 20.6. The molecule has 0 aliphatic carbocycles. The van der Waals surface area contributed by atoms with Gasteiger partial charge in [-0.2, -0.15) is 0 Å². The van der Waals surface area contributed by atoms with Crippen LogP contribution in [0.25, 0.3) is 5.76 Å². The molecule has 1 heterocycles. The number of carbonyl (C=O) groups is 2. The molecule has 31 heavy (non-hydrogen) atoms. The lowest BCUT2D eigenvalue weighted by molar-refractivity contribution is -0.132. The number of amides is 1. The molecule has 3 aromatic rings. The minimum absolute atomic E-state index is 0.0427. The van der Waals surface area contributed by atoms with Crippen LogP contribution in [0.4, 0.5) is 5.69 Å². The van der Waals surface area contributed by atoms with Gasteiger partial charge in [0, 0.05) is 15.7 Å². The van der Waals surface area contributed by atoms with Crippen molar-refractivity contribution in [1.82, 2.24) is 0 Å². The molecular weight excluding hydrogens is 458 g/mol. The minimum atomic E-state index is -0.801. The molecular formula is C25H20BrNO4. The normalized spacial score (nSPS) is 17.8. The maximum atomic E-state index is 13.2. The van der Waals surface area contributed by atoms with E-state index in [-0.39, 0.29) is 11.3 Å². The van der Waals surface area contributed by atoms with Crippen molar-refractivity contribution in [2.75, 3.05) is 12.0 Å². The van der Waals surface area contributed by atoms with Gasteiger partial charge in [0.1, 0.15) is 11.5 Å². The van der Waals surface area contributed by atoms with Crippen molar-refractivity contribution in [2.45, 2.75) is 13.0 Å². The number of aryl methyl sites for hydroxylation is 1. The standard InChI is InChI=1S/C25H20BrNO4/c1-15-11-12-18(14-20(15)26)27-22(17-9-6-10-19(13-17)31-2)21(24(29)25(27)30)23(28)16-7-4-3-5-8-16/h3-14,22,28H,1-2H3. The van der Waals surface area contributed by atoms with Gasteiger partial charge >= 0.3 is 0 Å². The summed E-state index contributed by atoms with van der Waals surface area (Å²) >= 11 is 3.50. The van der Waals surface area contributed by atoms with E-state index in [2.05, 4.69) is 15.9 Å². The van der Waals surface area contributed by atoms with Crippen LogP contribution in [0.15, 0.2) is 82.8 Å². The summed E-state index contributed by atoms with van der Waals surface area (Å²) in [6.07, 6.45) is 0. The smallest absolute Gasteiger partial charge is 0.300 e. The van der Waals surface area contributed by atoms with E-state index < -0.39 is 17.7 Å². The lowest BCUT2D eigenvalue weighted by Gasteiger charge is -2.26. The predicted molar refractivity (Wildman–Crippen MR) is 123 cm³/mol. The summed E-state index contributed by atoms with van der Waals surface area (Å²) in [6.45, 7) is 1.94. The van der Waals surface area contributed by atoms with E-state index >= 15 is 0 Å². The number of aliphatic hydroxyl groups is 1. The van der Waals surface area contributed by atoms with Crippen molar-refractivity contribution in [3.63, 3.8) is 0 Å². The van der Waals surface area contributed by atoms with Crippen molar-refractivity contribution in [2.24, 2.45) is 0 Å². The van der Waals surface area contributed by atoms with Gasteiger partial charge in [-0.25, -0.2) is 0 Å². The second-order valence-electron chi connectivity index (χ2n) is 7.25. The Labute approximate surface area is 188 Å². The molecule has 5 nitrogen and oxygen atoms in total. The Morgan fingerprint density at radius 2 is 1.74 bits per heavy atom. The highest BCUT2D eigenvalue weighted by atomic mass is 79.9. The van der Waals surface area contributed by atoms with E-state index in [0.29, 0.717) is 22.6 Å². The number of methoxy groups -OCH3 is 1. The quantitative estimate of drug-likeness (QED) is 0.310. The molecule has 156 valence electrons. The summed E-state index contributed by atoms with van der Waals surface area (Å²) in [5, 5.41) is 11.1. The van der Waals surface area contributed by atoms with Gasteiger partial charge in [0.25, 0.3) is 11.7 Å². The fourth-order valence-electron chi connectivity index (χ4n) is 3.71. The Balaban J connectivity index is 1.97. The van der Waals surface area contributed by atoms with Crippen LogP contribution in [0.3, 0.4) is 0 Å². The van der Waals surface area contributed by atoms with Crippen LogP contribution in [-0.2, 0) is 9.59 Å². The summed E-state index contributed by atoms with van der Waals surface area (Å²) in [7, 11) is 1.55. The van der Waals surface area contributed by atoms with Crippen LogP contribution in [0.1, 0.15) is 22.7 Å². The molecule has 6 heteroatoms. The second kappa shape index (κ2) is 8.40. The molecule has 1 unspecified atom stereocenters. The van der Waals surface area contributed by atoms with Crippen molar-refractivity contribution in [1.29, 1.82) is 0 Å². The molecule has 0 aromatic heterocycles. The molecule has 1 atom stereocenters. The maximum absolute atomic E-state index is 13.2. The number of aliphatic hydroxyl groups excluding tert-OH is 1. The van der Waals surface area contributed by atoms with E-state index in [0.717, 1.165) is 10.0 Å². The van der Waals surface area contributed by atoms with Gasteiger partial charge in [-0.15, -0.1) is 0 Å². The van der Waals surface area contributed by atoms with Crippen molar-refractivity contribution >= 4 is 39.1 Å². The van der Waals surface area contributed by atoms with Gasteiger partial charge in [0.2, 0.25) is 0 Å². The Bertz CT molecular complexity index is 1200. The Morgan fingerprint density at radius 1 is 1.00 bits per heavy atom. The first-order chi connectivity index (χ1) is 14.9. The average molecular weight is 478 g/mol. The average Bonchev–Trinajstić information content (AvgIpc) is 3.06. The highest BCUT2D eigenvalue weighted by molar-refractivity contribution is 9.10. The number of ketones is 1. The first-order valence-corrected chi connectivity index (χ1v) is 10.5. The number of carbonyl (C=O) groups excluding carboxylic acids is 2. The third-order valence-corrected chi connectivity index (χ3v) is 6.19. The number of Topliss-reactive ketones (excluding diaryl/α,β-unsaturated/α-hetero) is 1. The number of nitrogens with zero attached hydrogens (tertiary/aromatic N) is 1. The Hall–Kier alpha value is -3.38. The van der Waals surface area contributed by atoms with Crippen molar-refractivity contribution in [3.05, 3.63) is 99.5 Å². The van der Waals surface area contributed by atoms with Gasteiger partial charge in [-0.05, 0) is 42.3 Å². The molecule has 0 spiro atoms. The molecule has 0 saturated carbocycles. The molecule has 1 amide bonds. The molecule has 1 aliphatic rings. The van der Waals surface area contributed by atoms with Crippen LogP contribution in [0.5, 0.6) is 5.75 Å². The lowest BCUT2D eigenvalue weighted by Crippen LogP contribution is -2.29. The zero-order valence-electron chi connectivity index (χ0n) is 17.0. The second-order valence-corrected chi connectivity index (χ2v) is 8.10. The molecule has 0 bridgehead atoms. The first kappa shape index (κ1) is 20.9. The van der Waals surface area contributed by atoms with Crippen LogP contribution < -0.4 is 9.64 Å². The molecule has 1 aliphatic heterocycles. The van der Waals surface area contributed by atoms with E-state index in [1.807, 2.05) is 25.1 Å². The monoisotopic (exact) mass is 477 g/mol. The number of halogens is 1. The first-order valence-electron chi connectivity index (χ1n) is 9.69. The largest absolute Gasteiger partial charge is 0.507 e. The number of hydrogen-bond donors (Lipinski definition) is 1. The summed E-state index contributed by atoms with van der Waals surface area (Å²) in [5.41, 5.74) is 2.73. The number of anilines is 1. The third-order valence-electron chi connectivity index (χ3n) is 5.33. The molecule has 1 fully saturated rings. The lowest BCUT2D eigenvalue weighted by atomic mass is 9.95. The molecule has 0 radical (unpaired) electrons. The molecule has 4 rings (SSSR count). The SMILES string of the molecule is COc1cccc(C2C(=C(O)c3ccccc3)C(=O)C(=O)N2c2ccc(C)c(Br)c2)c1. The van der Waals surface area contributed by atoms with Gasteiger partial charge in [-0.3, -0.25) is 14.5 Å². The van der Waals surface area contributed by atoms with Gasteiger partial charge < -0.3 is 9.84 Å². The highest BCUT2D eigenvalue weighted by Gasteiger charge is 2.47. The highest BCUT2D eigenvalue weighted by Crippen LogP contribution is 2.43. The number of rotatable bonds is 4. The summed E-state index contributed by atoms with van der Waals surface area (Å²) < 4.78 is 6.17. The van der Waals surface area contributed by atoms with Crippen LogP contribution >= 0.6 is 15.9 Å². The molecule has 1 saturated heterocycles. The molecule has 3 aromatic carbocycles. The van der Waals surface area contributed by atoms with Gasteiger partial charge in [0.15, 0.2) is 0 Å². The molecule has 1 N–H and O–H groups in total. The number of ether oxygens (including phenoxy) is 1. The zero-order valence-corrected chi connectivity index (χ0v) is 18.6. The van der Waals surface area contributed by atoms with E-state index in [4.69, 9.17) is 4.74 Å². The predicted octanol–water partition coefficient (Wildman–Crippen LogP) is 5.39. The van der Waals surface area contributed by atoms with Crippen LogP contribution in [-0.4, -0.2) is 23.9 Å². The van der Waals surface area contributed by atoms with Crippen molar-refractivity contribution in [3.8, 4) is 5.75 Å². The van der Waals surface area contributed by atoms with Crippen LogP contribution in [0, 0.1) is 6.92 Å². The summed E-state index contributed by atoms with van der Waals surface area (Å²) in [5.74, 6) is -1.04. The van der Waals surface area contributed by atoms with E-state index in [9.17, 15) is 14.7 Å². The van der Waals surface area contributed by atoms with Gasteiger partial charge in [-0.1, -0.05) is 64.5 Å². The third kappa shape index (κ3) is 3.75. The van der Waals surface area contributed by atoms with E-state index in [1.165, 1.54) is 4.90 Å². The fraction of sp³-hybridized carbons (Fsp3) is 0.120. The van der Waals surface area contributed by atoms with E-state index in [1.54, 1.807) is 61.7 Å². The number of hydrogen-bond acceptors (Lipinski definition) is 4. The Kier molecular flexibility index (Phi) is 5.65. The van der Waals surface area contributed by atoms with Gasteiger partial charge in [0.05, 0.1) is 18.7 Å². The fourth-order valence-corrected chi connectivity index (χ4v) is 4.08. The topological polar surface area (TPSA) is 66.8 Å². The summed E-state index contributed by atoms with van der Waals surface area (Å²) in [4.78, 5) is 27.7. The van der Waals surface area contributed by atoms with Crippen LogP contribution in [0.2, 0.25) is 0 Å².